The van der Waals surface area contributed by atoms with Crippen LogP contribution in [-0.4, -0.2) is 99.6 Å². The van der Waals surface area contributed by atoms with Gasteiger partial charge < -0.3 is 45.1 Å². The maximum Gasteiger partial charge on any atom is 0.306 e. The molecule has 0 aromatic rings. The highest BCUT2D eigenvalue weighted by Crippen LogP contribution is 2.27. The van der Waals surface area contributed by atoms with Crippen molar-refractivity contribution in [1.29, 1.82) is 0 Å². The second-order valence-corrected chi connectivity index (χ2v) is 28.2. The smallest absolute Gasteiger partial charge is 0.306 e. The minimum Gasteiger partial charge on any atom is -0.454 e. The molecule has 1 amide bonds. The average Bonchev–Trinajstić information content (AvgIpc) is 1.14. The number of amides is 1. The number of carbonyl (C=O) groups excluding carboxylic acids is 2. The molecular formula is C80H153NO10. The first-order valence-corrected chi connectivity index (χ1v) is 40.1. The predicted octanol–water partition coefficient (Wildman–Crippen LogP) is 21.5. The van der Waals surface area contributed by atoms with E-state index in [1.807, 2.05) is 6.08 Å². The number of rotatable bonds is 71. The number of nitrogens with one attached hydrogen (secondary N) is 1. The van der Waals surface area contributed by atoms with Crippen LogP contribution in [0.5, 0.6) is 0 Å². The third-order valence-electron chi connectivity index (χ3n) is 19.4. The summed E-state index contributed by atoms with van der Waals surface area (Å²) in [5, 5.41) is 57.4. The molecule has 1 aliphatic heterocycles. The fraction of sp³-hybridized carbons (Fsp3) is 0.925. The molecule has 0 bridgehead atoms. The maximum absolute atomic E-state index is 13.5. The molecule has 0 aromatic heterocycles. The van der Waals surface area contributed by atoms with Crippen molar-refractivity contribution in [2.75, 3.05) is 13.2 Å². The Morgan fingerprint density at radius 1 is 0.418 bits per heavy atom. The molecule has 0 saturated carbocycles. The summed E-state index contributed by atoms with van der Waals surface area (Å²) in [5.74, 6) is -1.17. The van der Waals surface area contributed by atoms with Crippen LogP contribution in [0.2, 0.25) is 0 Å². The van der Waals surface area contributed by atoms with Crippen molar-refractivity contribution in [3.8, 4) is 0 Å². The first-order valence-electron chi connectivity index (χ1n) is 40.1. The van der Waals surface area contributed by atoms with Gasteiger partial charge in [-0.05, 0) is 51.4 Å². The molecule has 1 aliphatic rings. The fourth-order valence-electron chi connectivity index (χ4n) is 13.1. The quantitative estimate of drug-likeness (QED) is 0.0195. The number of unbranched alkanes of at least 4 members (excludes halogenated alkanes) is 55. The zero-order chi connectivity index (χ0) is 66.0. The lowest BCUT2D eigenvalue weighted by Crippen LogP contribution is -2.61. The van der Waals surface area contributed by atoms with Gasteiger partial charge in [-0.1, -0.05) is 379 Å². The van der Waals surface area contributed by atoms with E-state index in [-0.39, 0.29) is 13.0 Å². The summed E-state index contributed by atoms with van der Waals surface area (Å²) >= 11 is 0. The zero-order valence-electron chi connectivity index (χ0n) is 60.3. The SMILES string of the molecule is CCCCCCCC/C=C/CCCCCCCCCCCCCCCCCCCC(=O)OC1C(OCC(NC(=O)C(O)CCCCCCCCCCCCCCCCCCCCCCCCCC)C(O)/C=C/CCCCCCCCCCC)OC(CO)C(O)C1O. The second kappa shape index (κ2) is 68.1. The number of hydrogen-bond donors (Lipinski definition) is 6. The highest BCUT2D eigenvalue weighted by molar-refractivity contribution is 5.80. The number of ether oxygens (including phenoxy) is 3. The molecule has 1 saturated heterocycles. The molecule has 91 heavy (non-hydrogen) atoms. The zero-order valence-corrected chi connectivity index (χ0v) is 60.3. The van der Waals surface area contributed by atoms with E-state index in [2.05, 4.69) is 38.2 Å². The van der Waals surface area contributed by atoms with Crippen LogP contribution in [0.4, 0.5) is 0 Å². The molecule has 0 radical (unpaired) electrons. The summed E-state index contributed by atoms with van der Waals surface area (Å²) in [6.07, 6.45) is 73.9. The largest absolute Gasteiger partial charge is 0.454 e. The van der Waals surface area contributed by atoms with E-state index in [0.717, 1.165) is 57.8 Å². The number of esters is 1. The van der Waals surface area contributed by atoms with Gasteiger partial charge in [-0.15, -0.1) is 0 Å². The molecule has 1 rings (SSSR count). The third-order valence-corrected chi connectivity index (χ3v) is 19.4. The summed E-state index contributed by atoms with van der Waals surface area (Å²) in [6, 6.07) is -1.02. The molecule has 1 heterocycles. The van der Waals surface area contributed by atoms with Gasteiger partial charge in [0.1, 0.15) is 24.4 Å². The van der Waals surface area contributed by atoms with Crippen LogP contribution < -0.4 is 5.32 Å². The van der Waals surface area contributed by atoms with Gasteiger partial charge in [0.25, 0.3) is 0 Å². The van der Waals surface area contributed by atoms with E-state index < -0.39 is 67.4 Å². The van der Waals surface area contributed by atoms with Crippen molar-refractivity contribution in [3.63, 3.8) is 0 Å². The number of carbonyl (C=O) groups is 2. The summed E-state index contributed by atoms with van der Waals surface area (Å²) < 4.78 is 17.8. The number of aliphatic hydroxyl groups is 5. The lowest BCUT2D eigenvalue weighted by atomic mass is 9.99. The van der Waals surface area contributed by atoms with Crippen molar-refractivity contribution in [1.82, 2.24) is 5.32 Å². The van der Waals surface area contributed by atoms with E-state index in [0.29, 0.717) is 19.3 Å². The lowest BCUT2D eigenvalue weighted by molar-refractivity contribution is -0.305. The minimum atomic E-state index is -1.61. The molecule has 11 heteroatoms. The van der Waals surface area contributed by atoms with Crippen molar-refractivity contribution in [2.24, 2.45) is 0 Å². The molecule has 11 nitrogen and oxygen atoms in total. The van der Waals surface area contributed by atoms with Crippen LogP contribution in [0.15, 0.2) is 24.3 Å². The molecule has 8 unspecified atom stereocenters. The van der Waals surface area contributed by atoms with Gasteiger partial charge in [-0.3, -0.25) is 9.59 Å². The monoisotopic (exact) mass is 1290 g/mol. The lowest BCUT2D eigenvalue weighted by Gasteiger charge is -2.41. The highest BCUT2D eigenvalue weighted by atomic mass is 16.7. The van der Waals surface area contributed by atoms with Gasteiger partial charge in [-0.25, -0.2) is 0 Å². The molecule has 8 atom stereocenters. The topological polar surface area (TPSA) is 175 Å². The Balaban J connectivity index is 2.45. The first kappa shape index (κ1) is 87.2. The van der Waals surface area contributed by atoms with E-state index in [9.17, 15) is 35.1 Å². The Hall–Kier alpha value is -1.86. The molecule has 538 valence electrons. The van der Waals surface area contributed by atoms with Crippen LogP contribution in [0.3, 0.4) is 0 Å². The van der Waals surface area contributed by atoms with Gasteiger partial charge >= 0.3 is 5.97 Å². The average molecular weight is 1290 g/mol. The molecule has 6 N–H and O–H groups in total. The molecule has 0 aromatic carbocycles. The van der Waals surface area contributed by atoms with Gasteiger partial charge in [0, 0.05) is 6.42 Å². The summed E-state index contributed by atoms with van der Waals surface area (Å²) in [6.45, 7) is 5.86. The van der Waals surface area contributed by atoms with Crippen molar-refractivity contribution >= 4 is 11.9 Å². The van der Waals surface area contributed by atoms with Crippen molar-refractivity contribution in [2.45, 2.75) is 461 Å². The van der Waals surface area contributed by atoms with Gasteiger partial charge in [0.2, 0.25) is 5.91 Å². The molecule has 0 aliphatic carbocycles. The Morgan fingerprint density at radius 2 is 0.725 bits per heavy atom. The Kier molecular flexibility index (Phi) is 65.2. The molecule has 0 spiro atoms. The highest BCUT2D eigenvalue weighted by Gasteiger charge is 2.47. The van der Waals surface area contributed by atoms with E-state index in [1.54, 1.807) is 6.08 Å². The maximum atomic E-state index is 13.5. The fourth-order valence-corrected chi connectivity index (χ4v) is 13.1. The van der Waals surface area contributed by atoms with Crippen LogP contribution in [0, 0.1) is 0 Å². The van der Waals surface area contributed by atoms with Crippen LogP contribution in [-0.2, 0) is 23.8 Å². The standard InChI is InChI=1S/C80H153NO10/c1-4-7-10-13-16-19-22-24-26-28-30-32-34-36-37-38-40-42-44-46-48-50-53-56-59-62-65-68-75(85)91-78-77(87)76(86)74(69-82)90-80(78)89-70-71(72(83)66-63-60-57-54-51-21-18-15-12-9-6-3)81-79(88)73(84)67-64-61-58-55-52-49-47-45-43-41-39-35-33-31-29-27-25-23-20-17-14-11-8-5-2/h24,26,63,66,71-74,76-78,80,82-84,86-87H,4-23,25,27-62,64-65,67-70H2,1-3H3,(H,81,88)/b26-24+,66-63+. The van der Waals surface area contributed by atoms with Crippen LogP contribution in [0.1, 0.15) is 412 Å². The molecule has 1 fully saturated rings. The second-order valence-electron chi connectivity index (χ2n) is 28.2. The Bertz CT molecular complexity index is 1580. The first-order chi connectivity index (χ1) is 44.7. The van der Waals surface area contributed by atoms with Crippen LogP contribution >= 0.6 is 0 Å². The number of aliphatic hydroxyl groups excluding tert-OH is 5. The van der Waals surface area contributed by atoms with Crippen LogP contribution in [0.25, 0.3) is 0 Å². The molecular weight excluding hydrogens is 1130 g/mol. The van der Waals surface area contributed by atoms with Crippen molar-refractivity contribution < 1.29 is 49.3 Å². The van der Waals surface area contributed by atoms with Crippen molar-refractivity contribution in [3.05, 3.63) is 24.3 Å². The van der Waals surface area contributed by atoms with Gasteiger partial charge in [-0.2, -0.15) is 0 Å². The Morgan fingerprint density at radius 3 is 1.07 bits per heavy atom. The van der Waals surface area contributed by atoms with E-state index in [1.165, 1.54) is 308 Å². The Labute approximate surface area is 562 Å². The summed E-state index contributed by atoms with van der Waals surface area (Å²) in [7, 11) is 0. The van der Waals surface area contributed by atoms with Gasteiger partial charge in [0.15, 0.2) is 12.4 Å². The third kappa shape index (κ3) is 54.9. The normalized spacial score (nSPS) is 18.0. The summed E-state index contributed by atoms with van der Waals surface area (Å²) in [4.78, 5) is 26.8. The van der Waals surface area contributed by atoms with E-state index >= 15 is 0 Å². The van der Waals surface area contributed by atoms with E-state index in [4.69, 9.17) is 14.2 Å². The minimum absolute atomic E-state index is 0.130. The number of allylic oxidation sites excluding steroid dienone is 3. The van der Waals surface area contributed by atoms with Gasteiger partial charge in [0.05, 0.1) is 25.4 Å². The predicted molar refractivity (Wildman–Crippen MR) is 384 cm³/mol. The number of hydrogen-bond acceptors (Lipinski definition) is 10. The summed E-state index contributed by atoms with van der Waals surface area (Å²) in [5.41, 5.74) is 0.